The molecule has 0 saturated carbocycles. The minimum atomic E-state index is -0.795. The van der Waals surface area contributed by atoms with Gasteiger partial charge in [-0.1, -0.05) is 322 Å². The van der Waals surface area contributed by atoms with Gasteiger partial charge >= 0.3 is 17.9 Å². The van der Waals surface area contributed by atoms with E-state index in [1.54, 1.807) is 0 Å². The number of hydrogen-bond donors (Lipinski definition) is 0. The van der Waals surface area contributed by atoms with Gasteiger partial charge in [0.1, 0.15) is 13.2 Å². The molecule has 0 saturated heterocycles. The van der Waals surface area contributed by atoms with Gasteiger partial charge in [0.05, 0.1) is 0 Å². The first-order chi connectivity index (χ1) is 41.0. The molecule has 474 valence electrons. The van der Waals surface area contributed by atoms with Crippen LogP contribution in [0.15, 0.2) is 122 Å². The highest BCUT2D eigenvalue weighted by Gasteiger charge is 2.19. The van der Waals surface area contributed by atoms with E-state index in [0.717, 1.165) is 135 Å². The molecule has 0 aliphatic heterocycles. The summed E-state index contributed by atoms with van der Waals surface area (Å²) < 4.78 is 16.9. The first-order valence-electron chi connectivity index (χ1n) is 35.0. The van der Waals surface area contributed by atoms with Gasteiger partial charge in [0, 0.05) is 19.3 Å². The van der Waals surface area contributed by atoms with E-state index in [4.69, 9.17) is 14.2 Å². The van der Waals surface area contributed by atoms with E-state index in [0.29, 0.717) is 19.3 Å². The number of hydrogen-bond acceptors (Lipinski definition) is 6. The van der Waals surface area contributed by atoms with Crippen LogP contribution in [0, 0.1) is 0 Å². The van der Waals surface area contributed by atoms with Crippen LogP contribution >= 0.6 is 0 Å². The standard InChI is InChI=1S/C77H130O6/c1-4-7-10-13-16-19-22-25-27-29-31-33-34-35-36-37-38-39-40-41-42-44-45-47-49-52-55-58-61-64-67-70-76(79)82-73-74(72-81-75(78)69-66-63-60-57-54-51-24-21-18-15-12-9-6-3)83-77(80)71-68-65-62-59-56-53-50-48-46-43-32-30-28-26-23-20-17-14-11-8-5-2/h7,9-10,12,16,18-19,21,25,27,31,33,35-36,38-39,41-42,51,54,74H,4-6,8,11,13-15,17,20,22-24,26,28-30,32,34,37,40,43-50,52-53,55-73H2,1-3H3/b10-7-,12-9-,19-16-,21-18-,27-25-,33-31-,36-35-,39-38-,42-41-,54-51-. The Kier molecular flexibility index (Phi) is 66.7. The summed E-state index contributed by atoms with van der Waals surface area (Å²) in [4.78, 5) is 38.4. The van der Waals surface area contributed by atoms with E-state index >= 15 is 0 Å². The van der Waals surface area contributed by atoms with Gasteiger partial charge in [0.2, 0.25) is 0 Å². The summed E-state index contributed by atoms with van der Waals surface area (Å²) in [5, 5.41) is 0. The molecule has 83 heavy (non-hydrogen) atoms. The van der Waals surface area contributed by atoms with Crippen LogP contribution in [0.3, 0.4) is 0 Å². The average molecular weight is 1150 g/mol. The predicted molar refractivity (Wildman–Crippen MR) is 362 cm³/mol. The van der Waals surface area contributed by atoms with E-state index in [1.165, 1.54) is 154 Å². The second kappa shape index (κ2) is 70.3. The molecule has 0 fully saturated rings. The van der Waals surface area contributed by atoms with Crippen LogP contribution in [0.4, 0.5) is 0 Å². The van der Waals surface area contributed by atoms with Crippen molar-refractivity contribution in [1.82, 2.24) is 0 Å². The van der Waals surface area contributed by atoms with Gasteiger partial charge in [-0.05, 0) is 109 Å². The molecule has 0 aliphatic rings. The Morgan fingerprint density at radius 3 is 0.747 bits per heavy atom. The van der Waals surface area contributed by atoms with Crippen LogP contribution in [-0.4, -0.2) is 37.2 Å². The molecule has 6 heteroatoms. The fourth-order valence-electron chi connectivity index (χ4n) is 9.79. The van der Waals surface area contributed by atoms with Crippen molar-refractivity contribution in [3.8, 4) is 0 Å². The van der Waals surface area contributed by atoms with Gasteiger partial charge in [0.25, 0.3) is 0 Å². The zero-order chi connectivity index (χ0) is 59.9. The highest BCUT2D eigenvalue weighted by atomic mass is 16.6. The number of rotatable bonds is 63. The molecule has 0 aliphatic carbocycles. The van der Waals surface area contributed by atoms with Gasteiger partial charge in [0.15, 0.2) is 6.10 Å². The maximum atomic E-state index is 12.9. The first-order valence-corrected chi connectivity index (χ1v) is 35.0. The van der Waals surface area contributed by atoms with Crippen molar-refractivity contribution in [2.24, 2.45) is 0 Å². The van der Waals surface area contributed by atoms with Crippen LogP contribution in [-0.2, 0) is 28.6 Å². The number of esters is 3. The van der Waals surface area contributed by atoms with Gasteiger partial charge < -0.3 is 14.2 Å². The molecule has 0 aromatic carbocycles. The third-order valence-electron chi connectivity index (χ3n) is 15.0. The van der Waals surface area contributed by atoms with Crippen LogP contribution in [0.5, 0.6) is 0 Å². The molecule has 0 heterocycles. The Morgan fingerprint density at radius 1 is 0.253 bits per heavy atom. The highest BCUT2D eigenvalue weighted by molar-refractivity contribution is 5.71. The van der Waals surface area contributed by atoms with Crippen LogP contribution in [0.1, 0.15) is 329 Å². The largest absolute Gasteiger partial charge is 0.462 e. The lowest BCUT2D eigenvalue weighted by Crippen LogP contribution is -2.30. The summed E-state index contributed by atoms with van der Waals surface area (Å²) in [6.07, 6.45) is 98.0. The van der Waals surface area contributed by atoms with Crippen LogP contribution in [0.2, 0.25) is 0 Å². The average Bonchev–Trinajstić information content (AvgIpc) is 3.49. The number of allylic oxidation sites excluding steroid dienone is 20. The Hall–Kier alpha value is -4.19. The van der Waals surface area contributed by atoms with Gasteiger partial charge in [-0.15, -0.1) is 0 Å². The van der Waals surface area contributed by atoms with Crippen molar-refractivity contribution in [2.75, 3.05) is 13.2 Å². The van der Waals surface area contributed by atoms with Crippen LogP contribution in [0.25, 0.3) is 0 Å². The minimum Gasteiger partial charge on any atom is -0.462 e. The zero-order valence-corrected chi connectivity index (χ0v) is 54.4. The lowest BCUT2D eigenvalue weighted by atomic mass is 10.0. The van der Waals surface area contributed by atoms with Gasteiger partial charge in [-0.3, -0.25) is 14.4 Å². The molecule has 1 atom stereocenters. The van der Waals surface area contributed by atoms with Crippen molar-refractivity contribution in [3.05, 3.63) is 122 Å². The molecule has 0 aromatic rings. The molecule has 0 bridgehead atoms. The van der Waals surface area contributed by atoms with Crippen molar-refractivity contribution >= 4 is 17.9 Å². The Labute approximate surface area is 513 Å². The molecule has 0 aromatic heterocycles. The maximum absolute atomic E-state index is 12.9. The molecule has 6 nitrogen and oxygen atoms in total. The SMILES string of the molecule is CC/C=C\C/C=C\C/C=C\C/C=C\C/C=C\C/C=C\C/C=C\CCCCCCCCCCCC(=O)OCC(COC(=O)CCCCC/C=C\C/C=C\C/C=C\CC)OC(=O)CCCCCCCCCCCCCCCCCCCCCCC. The maximum Gasteiger partial charge on any atom is 0.306 e. The normalized spacial score (nSPS) is 12.9. The number of carbonyl (C=O) groups is 3. The molecule has 0 amide bonds. The fourth-order valence-corrected chi connectivity index (χ4v) is 9.79. The van der Waals surface area contributed by atoms with E-state index in [9.17, 15) is 14.4 Å². The summed E-state index contributed by atoms with van der Waals surface area (Å²) in [5.41, 5.74) is 0. The number of unbranched alkanes of at least 4 members (excludes halogenated alkanes) is 32. The Balaban J connectivity index is 4.29. The second-order valence-corrected chi connectivity index (χ2v) is 23.0. The minimum absolute atomic E-state index is 0.0899. The number of carbonyl (C=O) groups excluding carboxylic acids is 3. The quantitative estimate of drug-likeness (QED) is 0.0261. The van der Waals surface area contributed by atoms with Gasteiger partial charge in [-0.2, -0.15) is 0 Å². The topological polar surface area (TPSA) is 78.9 Å². The van der Waals surface area contributed by atoms with Crippen molar-refractivity contribution in [2.45, 2.75) is 335 Å². The summed E-state index contributed by atoms with van der Waals surface area (Å²) in [6, 6.07) is 0. The Bertz CT molecular complexity index is 1700. The molecule has 0 rings (SSSR count). The predicted octanol–water partition coefficient (Wildman–Crippen LogP) is 24.3. The molecular weight excluding hydrogens is 1020 g/mol. The van der Waals surface area contributed by atoms with Crippen molar-refractivity contribution < 1.29 is 28.6 Å². The molecule has 0 spiro atoms. The summed E-state index contributed by atoms with van der Waals surface area (Å²) in [6.45, 7) is 6.42. The summed E-state index contributed by atoms with van der Waals surface area (Å²) in [5.74, 6) is -0.913. The first kappa shape index (κ1) is 78.8. The third kappa shape index (κ3) is 68.5. The smallest absolute Gasteiger partial charge is 0.306 e. The van der Waals surface area contributed by atoms with E-state index < -0.39 is 6.10 Å². The summed E-state index contributed by atoms with van der Waals surface area (Å²) >= 11 is 0. The molecule has 1 unspecified atom stereocenters. The molecule has 0 radical (unpaired) electrons. The zero-order valence-electron chi connectivity index (χ0n) is 54.4. The third-order valence-corrected chi connectivity index (χ3v) is 15.0. The fraction of sp³-hybridized carbons (Fsp3) is 0.701. The Morgan fingerprint density at radius 2 is 0.470 bits per heavy atom. The lowest BCUT2D eigenvalue weighted by molar-refractivity contribution is -0.167. The highest BCUT2D eigenvalue weighted by Crippen LogP contribution is 2.17. The molecular formula is C77H130O6. The van der Waals surface area contributed by atoms with E-state index in [-0.39, 0.29) is 31.1 Å². The van der Waals surface area contributed by atoms with E-state index in [1.807, 2.05) is 0 Å². The van der Waals surface area contributed by atoms with Crippen LogP contribution < -0.4 is 0 Å². The monoisotopic (exact) mass is 1150 g/mol. The van der Waals surface area contributed by atoms with Crippen molar-refractivity contribution in [1.29, 1.82) is 0 Å². The van der Waals surface area contributed by atoms with E-state index in [2.05, 4.69) is 142 Å². The van der Waals surface area contributed by atoms with Crippen molar-refractivity contribution in [3.63, 3.8) is 0 Å². The second-order valence-electron chi connectivity index (χ2n) is 23.0. The lowest BCUT2D eigenvalue weighted by Gasteiger charge is -2.18. The summed E-state index contributed by atoms with van der Waals surface area (Å²) in [7, 11) is 0. The number of ether oxygens (including phenoxy) is 3. The molecule has 0 N–H and O–H groups in total. The van der Waals surface area contributed by atoms with Gasteiger partial charge in [-0.25, -0.2) is 0 Å².